The summed E-state index contributed by atoms with van der Waals surface area (Å²) in [5.41, 5.74) is 4.66. The van der Waals surface area contributed by atoms with E-state index in [0.717, 1.165) is 34.9 Å². The molecule has 2 aromatic carbocycles. The van der Waals surface area contributed by atoms with E-state index in [1.165, 1.54) is 30.5 Å². The summed E-state index contributed by atoms with van der Waals surface area (Å²) in [5, 5.41) is 3.51. The molecule has 1 heterocycles. The molecule has 0 bridgehead atoms. The summed E-state index contributed by atoms with van der Waals surface area (Å²) in [6.07, 6.45) is 8.79. The topological polar surface area (TPSA) is 27.6 Å². The van der Waals surface area contributed by atoms with E-state index < -0.39 is 0 Å². The van der Waals surface area contributed by atoms with E-state index in [2.05, 4.69) is 67.9 Å². The lowest BCUT2D eigenvalue weighted by Gasteiger charge is -2.35. The average molecular weight is 394 g/mol. The number of nitrogens with one attached hydrogen (secondary N) is 1. The fourth-order valence-electron chi connectivity index (χ4n) is 3.61. The fourth-order valence-corrected chi connectivity index (χ4v) is 3.76. The molecular formula is C24H31N3S. The number of nitrogens with zero attached hydrogens (tertiary/aromatic N) is 2. The lowest BCUT2D eigenvalue weighted by atomic mass is 10.0. The second kappa shape index (κ2) is 9.83. The Morgan fingerprint density at radius 2 is 2.00 bits per heavy atom. The first kappa shape index (κ1) is 20.5. The summed E-state index contributed by atoms with van der Waals surface area (Å²) in [6.45, 7) is 7.72. The van der Waals surface area contributed by atoms with Crippen molar-refractivity contribution in [2.24, 2.45) is 4.99 Å². The molecule has 0 aromatic heterocycles. The summed E-state index contributed by atoms with van der Waals surface area (Å²) < 4.78 is 0. The Balaban J connectivity index is 1.96. The molecule has 1 unspecified atom stereocenters. The molecule has 4 heteroatoms. The Kier molecular flexibility index (Phi) is 7.21. The number of benzene rings is 2. The van der Waals surface area contributed by atoms with E-state index in [-0.39, 0.29) is 0 Å². The van der Waals surface area contributed by atoms with Gasteiger partial charge >= 0.3 is 0 Å². The molecule has 28 heavy (non-hydrogen) atoms. The largest absolute Gasteiger partial charge is 0.369 e. The van der Waals surface area contributed by atoms with Gasteiger partial charge in [0.1, 0.15) is 5.84 Å². The molecule has 1 fully saturated rings. The monoisotopic (exact) mass is 393 g/mol. The standard InChI is InChI=1S/C24H31N3S/c1-4-5-15-25-24(26-20-10-13-22(28)14-11-20)23-17-21(12-9-18(23)2)27-16-7-6-8-19(27)3/h5,9-15,17,19,28H,4,6-8,16H2,1-3H3,(H,25,26)/b15-5+. The zero-order chi connectivity index (χ0) is 19.9. The Morgan fingerprint density at radius 1 is 1.21 bits per heavy atom. The van der Waals surface area contributed by atoms with E-state index in [4.69, 9.17) is 4.99 Å². The number of rotatable bonds is 5. The summed E-state index contributed by atoms with van der Waals surface area (Å²) in [5.74, 6) is 0.876. The molecule has 0 aliphatic carbocycles. The van der Waals surface area contributed by atoms with Crippen molar-refractivity contribution in [3.63, 3.8) is 0 Å². The van der Waals surface area contributed by atoms with Crippen LogP contribution in [0, 0.1) is 6.92 Å². The van der Waals surface area contributed by atoms with E-state index in [1.54, 1.807) is 0 Å². The van der Waals surface area contributed by atoms with Gasteiger partial charge in [-0.2, -0.15) is 0 Å². The molecule has 1 atom stereocenters. The molecule has 0 spiro atoms. The predicted octanol–water partition coefficient (Wildman–Crippen LogP) is 6.44. The maximum absolute atomic E-state index is 4.75. The minimum atomic E-state index is 0.584. The summed E-state index contributed by atoms with van der Waals surface area (Å²) in [6, 6.07) is 15.4. The summed E-state index contributed by atoms with van der Waals surface area (Å²) in [7, 11) is 0. The normalized spacial score (nSPS) is 17.9. The number of allylic oxidation sites excluding steroid dienone is 1. The quantitative estimate of drug-likeness (QED) is 0.347. The molecular weight excluding hydrogens is 362 g/mol. The first-order valence-corrected chi connectivity index (χ1v) is 10.7. The van der Waals surface area contributed by atoms with Crippen LogP contribution in [0.1, 0.15) is 50.7 Å². The molecule has 0 radical (unpaired) electrons. The van der Waals surface area contributed by atoms with Crippen LogP contribution in [0.4, 0.5) is 11.4 Å². The maximum Gasteiger partial charge on any atom is 0.137 e. The molecule has 3 rings (SSSR count). The van der Waals surface area contributed by atoms with Crippen molar-refractivity contribution in [1.82, 2.24) is 0 Å². The maximum atomic E-state index is 4.75. The number of aliphatic imine (C=N–C) groups is 1. The van der Waals surface area contributed by atoms with Crippen LogP contribution in [-0.2, 0) is 0 Å². The van der Waals surface area contributed by atoms with Crippen LogP contribution >= 0.6 is 12.6 Å². The zero-order valence-corrected chi connectivity index (χ0v) is 18.0. The number of aryl methyl sites for hydroxylation is 1. The van der Waals surface area contributed by atoms with E-state index in [1.807, 2.05) is 30.5 Å². The van der Waals surface area contributed by atoms with Gasteiger partial charge in [0.2, 0.25) is 0 Å². The van der Waals surface area contributed by atoms with Gasteiger partial charge in [0.05, 0.1) is 0 Å². The number of hydrogen-bond acceptors (Lipinski definition) is 3. The first-order chi connectivity index (χ1) is 13.6. The van der Waals surface area contributed by atoms with Crippen LogP contribution in [0.5, 0.6) is 0 Å². The first-order valence-electron chi connectivity index (χ1n) is 10.2. The molecule has 3 nitrogen and oxygen atoms in total. The highest BCUT2D eigenvalue weighted by Gasteiger charge is 2.20. The molecule has 1 aliphatic heterocycles. The second-order valence-electron chi connectivity index (χ2n) is 7.48. The van der Waals surface area contributed by atoms with Crippen molar-refractivity contribution in [3.8, 4) is 0 Å². The Morgan fingerprint density at radius 3 is 2.71 bits per heavy atom. The SMILES string of the molecule is CC/C=C/N=C(Nc1ccc(S)cc1)c1cc(N2CCCCC2C)ccc1C. The van der Waals surface area contributed by atoms with Crippen LogP contribution in [-0.4, -0.2) is 18.4 Å². The van der Waals surface area contributed by atoms with Crippen molar-refractivity contribution in [3.05, 3.63) is 65.9 Å². The lowest BCUT2D eigenvalue weighted by molar-refractivity contribution is 0.485. The third kappa shape index (κ3) is 5.20. The number of hydrogen-bond donors (Lipinski definition) is 2. The third-order valence-electron chi connectivity index (χ3n) is 5.29. The van der Waals surface area contributed by atoms with Gasteiger partial charge in [-0.25, -0.2) is 4.99 Å². The summed E-state index contributed by atoms with van der Waals surface area (Å²) in [4.78, 5) is 8.24. The Labute approximate surface area is 175 Å². The van der Waals surface area contributed by atoms with Gasteiger partial charge in [-0.3, -0.25) is 0 Å². The minimum absolute atomic E-state index is 0.584. The van der Waals surface area contributed by atoms with E-state index in [9.17, 15) is 0 Å². The molecule has 1 aliphatic rings. The lowest BCUT2D eigenvalue weighted by Crippen LogP contribution is -2.37. The second-order valence-corrected chi connectivity index (χ2v) is 8.00. The van der Waals surface area contributed by atoms with Crippen LogP contribution in [0.15, 0.2) is 64.6 Å². The van der Waals surface area contributed by atoms with Gasteiger partial charge in [0.25, 0.3) is 0 Å². The fraction of sp³-hybridized carbons (Fsp3) is 0.375. The molecule has 1 N–H and O–H groups in total. The third-order valence-corrected chi connectivity index (χ3v) is 5.58. The van der Waals surface area contributed by atoms with Gasteiger partial charge in [0.15, 0.2) is 0 Å². The number of thiol groups is 1. The van der Waals surface area contributed by atoms with E-state index in [0.29, 0.717) is 6.04 Å². The highest BCUT2D eigenvalue weighted by Crippen LogP contribution is 2.27. The molecule has 1 saturated heterocycles. The zero-order valence-electron chi connectivity index (χ0n) is 17.2. The van der Waals surface area contributed by atoms with Gasteiger partial charge < -0.3 is 10.2 Å². The molecule has 148 valence electrons. The van der Waals surface area contributed by atoms with E-state index >= 15 is 0 Å². The van der Waals surface area contributed by atoms with Crippen molar-refractivity contribution in [1.29, 1.82) is 0 Å². The Bertz CT molecular complexity index is 839. The van der Waals surface area contributed by atoms with Gasteiger partial charge in [-0.05, 0) is 81.5 Å². The molecule has 2 aromatic rings. The molecule has 0 amide bonds. The highest BCUT2D eigenvalue weighted by atomic mass is 32.1. The van der Waals surface area contributed by atoms with Crippen molar-refractivity contribution >= 4 is 29.8 Å². The van der Waals surface area contributed by atoms with Crippen molar-refractivity contribution in [2.45, 2.75) is 57.4 Å². The van der Waals surface area contributed by atoms with Crippen LogP contribution in [0.3, 0.4) is 0 Å². The predicted molar refractivity (Wildman–Crippen MR) is 125 cm³/mol. The smallest absolute Gasteiger partial charge is 0.137 e. The minimum Gasteiger partial charge on any atom is -0.369 e. The average Bonchev–Trinajstić information content (AvgIpc) is 2.70. The van der Waals surface area contributed by atoms with Crippen LogP contribution < -0.4 is 10.2 Å². The van der Waals surface area contributed by atoms with Crippen LogP contribution in [0.25, 0.3) is 0 Å². The van der Waals surface area contributed by atoms with Crippen molar-refractivity contribution in [2.75, 3.05) is 16.8 Å². The van der Waals surface area contributed by atoms with Gasteiger partial charge in [-0.1, -0.05) is 19.1 Å². The molecule has 0 saturated carbocycles. The van der Waals surface area contributed by atoms with Crippen molar-refractivity contribution < 1.29 is 0 Å². The van der Waals surface area contributed by atoms with Crippen LogP contribution in [0.2, 0.25) is 0 Å². The van der Waals surface area contributed by atoms with Gasteiger partial charge in [0, 0.05) is 40.6 Å². The number of amidine groups is 1. The number of piperidine rings is 1. The van der Waals surface area contributed by atoms with Gasteiger partial charge in [-0.15, -0.1) is 12.6 Å². The Hall–Kier alpha value is -2.20. The number of anilines is 2. The highest BCUT2D eigenvalue weighted by molar-refractivity contribution is 7.80. The summed E-state index contributed by atoms with van der Waals surface area (Å²) >= 11 is 4.38.